The van der Waals surface area contributed by atoms with Crippen molar-refractivity contribution < 1.29 is 19.4 Å². The van der Waals surface area contributed by atoms with Crippen molar-refractivity contribution in [2.24, 2.45) is 0 Å². The Labute approximate surface area is 101 Å². The number of carbonyl (C=O) groups is 2. The van der Waals surface area contributed by atoms with Crippen LogP contribution in [0.5, 0.6) is 0 Å². The third-order valence-corrected chi connectivity index (χ3v) is 3.09. The highest BCUT2D eigenvalue weighted by Gasteiger charge is 2.37. The summed E-state index contributed by atoms with van der Waals surface area (Å²) in [6.07, 6.45) is -0.241. The normalized spacial score (nSPS) is 24.7. The number of rotatable bonds is 4. The third-order valence-electron chi connectivity index (χ3n) is 3.09. The van der Waals surface area contributed by atoms with Crippen molar-refractivity contribution in [1.82, 2.24) is 9.80 Å². The molecule has 0 aliphatic carbocycles. The highest BCUT2D eigenvalue weighted by molar-refractivity contribution is 5.80. The smallest absolute Gasteiger partial charge is 0.323 e. The molecule has 1 heterocycles. The van der Waals surface area contributed by atoms with Crippen molar-refractivity contribution in [1.29, 1.82) is 0 Å². The van der Waals surface area contributed by atoms with Crippen molar-refractivity contribution in [3.8, 4) is 0 Å². The lowest BCUT2D eigenvalue weighted by molar-refractivity contribution is -0.146. The second-order valence-corrected chi connectivity index (χ2v) is 4.27. The average Bonchev–Trinajstić information content (AvgIpc) is 2.67. The van der Waals surface area contributed by atoms with Gasteiger partial charge in [-0.15, -0.1) is 0 Å². The molecule has 2 unspecified atom stereocenters. The van der Waals surface area contributed by atoms with Crippen LogP contribution >= 0.6 is 0 Å². The number of likely N-dealkylation sites (N-methyl/N-ethyl adjacent to an activating group) is 1. The van der Waals surface area contributed by atoms with E-state index in [4.69, 9.17) is 0 Å². The van der Waals surface area contributed by atoms with Crippen LogP contribution in [-0.4, -0.2) is 72.7 Å². The van der Waals surface area contributed by atoms with Crippen LogP contribution < -0.4 is 0 Å². The second-order valence-electron chi connectivity index (χ2n) is 4.27. The van der Waals surface area contributed by atoms with Crippen molar-refractivity contribution in [3.05, 3.63) is 0 Å². The zero-order chi connectivity index (χ0) is 13.0. The van der Waals surface area contributed by atoms with E-state index >= 15 is 0 Å². The predicted molar refractivity (Wildman–Crippen MR) is 61.3 cm³/mol. The fraction of sp³-hybridized carbons (Fsp3) is 0.818. The molecule has 6 nitrogen and oxygen atoms in total. The van der Waals surface area contributed by atoms with E-state index in [2.05, 4.69) is 4.74 Å². The van der Waals surface area contributed by atoms with Gasteiger partial charge in [-0.1, -0.05) is 0 Å². The predicted octanol–water partition coefficient (Wildman–Crippen LogP) is -0.927. The minimum absolute atomic E-state index is 0.0597. The largest absolute Gasteiger partial charge is 0.468 e. The van der Waals surface area contributed by atoms with Crippen molar-refractivity contribution in [2.75, 3.05) is 33.8 Å². The first-order chi connectivity index (χ1) is 7.99. The topological polar surface area (TPSA) is 70.1 Å². The lowest BCUT2D eigenvalue weighted by atomic mass is 10.2. The zero-order valence-corrected chi connectivity index (χ0v) is 10.5. The molecular weight excluding hydrogens is 224 g/mol. The van der Waals surface area contributed by atoms with Gasteiger partial charge in [0.25, 0.3) is 0 Å². The van der Waals surface area contributed by atoms with Crippen LogP contribution in [0.1, 0.15) is 13.3 Å². The van der Waals surface area contributed by atoms with Crippen LogP contribution in [0.3, 0.4) is 0 Å². The fourth-order valence-electron chi connectivity index (χ4n) is 1.91. The van der Waals surface area contributed by atoms with E-state index in [1.54, 1.807) is 16.8 Å². The molecule has 1 saturated heterocycles. The highest BCUT2D eigenvalue weighted by atomic mass is 16.5. The summed E-state index contributed by atoms with van der Waals surface area (Å²) >= 11 is 0. The van der Waals surface area contributed by atoms with E-state index in [0.29, 0.717) is 19.5 Å². The molecule has 1 aliphatic rings. The quantitative estimate of drug-likeness (QED) is 0.647. The summed E-state index contributed by atoms with van der Waals surface area (Å²) in [4.78, 5) is 26.5. The minimum atomic E-state index is -0.571. The molecule has 17 heavy (non-hydrogen) atoms. The van der Waals surface area contributed by atoms with Crippen LogP contribution in [0.4, 0.5) is 0 Å². The molecule has 1 N–H and O–H groups in total. The first-order valence-corrected chi connectivity index (χ1v) is 5.73. The van der Waals surface area contributed by atoms with Gasteiger partial charge in [-0.3, -0.25) is 14.5 Å². The maximum atomic E-state index is 11.7. The van der Waals surface area contributed by atoms with Gasteiger partial charge in [-0.2, -0.15) is 0 Å². The minimum Gasteiger partial charge on any atom is -0.468 e. The van der Waals surface area contributed by atoms with Crippen LogP contribution in [0.25, 0.3) is 0 Å². The summed E-state index contributed by atoms with van der Waals surface area (Å²) in [5.74, 6) is -0.455. The highest BCUT2D eigenvalue weighted by Crippen LogP contribution is 2.18. The Hall–Kier alpha value is -1.14. The summed E-state index contributed by atoms with van der Waals surface area (Å²) in [6.45, 7) is 2.98. The van der Waals surface area contributed by atoms with Gasteiger partial charge >= 0.3 is 5.97 Å². The van der Waals surface area contributed by atoms with Crippen molar-refractivity contribution in [3.63, 3.8) is 0 Å². The molecule has 1 amide bonds. The maximum absolute atomic E-state index is 11.7. The fourth-order valence-corrected chi connectivity index (χ4v) is 1.91. The lowest BCUT2D eigenvalue weighted by Gasteiger charge is -2.24. The summed E-state index contributed by atoms with van der Waals surface area (Å²) in [6, 6.07) is -0.510. The second kappa shape index (κ2) is 5.97. The number of nitrogens with zero attached hydrogens (tertiary/aromatic N) is 2. The van der Waals surface area contributed by atoms with E-state index in [0.717, 1.165) is 0 Å². The lowest BCUT2D eigenvalue weighted by Crippen LogP contribution is -2.44. The molecule has 98 valence electrons. The SMILES string of the molecule is CCN(C)C(=O)CN1CC(O)CC1C(=O)OC. The number of hydrogen-bond acceptors (Lipinski definition) is 5. The molecule has 0 saturated carbocycles. The van der Waals surface area contributed by atoms with Crippen molar-refractivity contribution >= 4 is 11.9 Å². The summed E-state index contributed by atoms with van der Waals surface area (Å²) in [5.41, 5.74) is 0. The molecule has 0 spiro atoms. The van der Waals surface area contributed by atoms with E-state index in [9.17, 15) is 14.7 Å². The number of esters is 1. The van der Waals surface area contributed by atoms with Crippen LogP contribution in [-0.2, 0) is 14.3 Å². The van der Waals surface area contributed by atoms with Gasteiger partial charge in [0, 0.05) is 26.6 Å². The molecular formula is C11H20N2O4. The van der Waals surface area contributed by atoms with Crippen LogP contribution in [0.2, 0.25) is 0 Å². The Morgan fingerprint density at radius 2 is 2.18 bits per heavy atom. The Morgan fingerprint density at radius 1 is 1.53 bits per heavy atom. The van der Waals surface area contributed by atoms with Gasteiger partial charge in [-0.05, 0) is 6.92 Å². The number of hydrogen-bond donors (Lipinski definition) is 1. The zero-order valence-electron chi connectivity index (χ0n) is 10.5. The average molecular weight is 244 g/mol. The molecule has 0 bridgehead atoms. The maximum Gasteiger partial charge on any atom is 0.323 e. The first-order valence-electron chi connectivity index (χ1n) is 5.73. The van der Waals surface area contributed by atoms with Crippen LogP contribution in [0.15, 0.2) is 0 Å². The van der Waals surface area contributed by atoms with Gasteiger partial charge in [0.2, 0.25) is 5.91 Å². The van der Waals surface area contributed by atoms with Gasteiger partial charge in [-0.25, -0.2) is 0 Å². The molecule has 1 fully saturated rings. The molecule has 0 aromatic carbocycles. The number of carbonyl (C=O) groups excluding carboxylic acids is 2. The Balaban J connectivity index is 2.62. The molecule has 1 aliphatic heterocycles. The van der Waals surface area contributed by atoms with Gasteiger partial charge in [0.1, 0.15) is 6.04 Å². The van der Waals surface area contributed by atoms with Crippen LogP contribution in [0, 0.1) is 0 Å². The number of β-amino-alcohol motifs (C(OH)–C–C–N with tert-alkyl or cyclic N) is 1. The standard InChI is InChI=1S/C11H20N2O4/c1-4-12(2)10(15)7-13-6-8(14)5-9(13)11(16)17-3/h8-9,14H,4-7H2,1-3H3. The Kier molecular flexibility index (Phi) is 4.89. The number of ether oxygens (including phenoxy) is 1. The Morgan fingerprint density at radius 3 is 2.71 bits per heavy atom. The third kappa shape index (κ3) is 3.41. The molecule has 0 aromatic heterocycles. The molecule has 2 atom stereocenters. The molecule has 0 aromatic rings. The van der Waals surface area contributed by atoms with Gasteiger partial charge in [0.05, 0.1) is 19.8 Å². The summed E-state index contributed by atoms with van der Waals surface area (Å²) < 4.78 is 4.66. The van der Waals surface area contributed by atoms with E-state index in [1.165, 1.54) is 7.11 Å². The van der Waals surface area contributed by atoms with E-state index in [-0.39, 0.29) is 12.5 Å². The van der Waals surface area contributed by atoms with Gasteiger partial charge in [0.15, 0.2) is 0 Å². The number of aliphatic hydroxyl groups excluding tert-OH is 1. The summed E-state index contributed by atoms with van der Waals surface area (Å²) in [7, 11) is 3.02. The number of amides is 1. The number of likely N-dealkylation sites (tertiary alicyclic amines) is 1. The van der Waals surface area contributed by atoms with E-state index < -0.39 is 18.1 Å². The number of methoxy groups -OCH3 is 1. The van der Waals surface area contributed by atoms with Gasteiger partial charge < -0.3 is 14.7 Å². The van der Waals surface area contributed by atoms with E-state index in [1.807, 2.05) is 6.92 Å². The number of aliphatic hydroxyl groups is 1. The molecule has 0 radical (unpaired) electrons. The monoisotopic (exact) mass is 244 g/mol. The molecule has 1 rings (SSSR count). The van der Waals surface area contributed by atoms with Crippen molar-refractivity contribution in [2.45, 2.75) is 25.5 Å². The summed E-state index contributed by atoms with van der Waals surface area (Å²) in [5, 5.41) is 9.55. The Bertz CT molecular complexity index is 295. The molecule has 6 heteroatoms. The first kappa shape index (κ1) is 13.9.